The monoisotopic (exact) mass is 345 g/mol. The summed E-state index contributed by atoms with van der Waals surface area (Å²) in [5.74, 6) is -1.26. The van der Waals surface area contributed by atoms with E-state index in [4.69, 9.17) is 5.11 Å². The molecular formula is C18H23N3O4. The van der Waals surface area contributed by atoms with E-state index in [0.717, 1.165) is 0 Å². The van der Waals surface area contributed by atoms with Gasteiger partial charge in [0.15, 0.2) is 0 Å². The zero-order valence-corrected chi connectivity index (χ0v) is 14.4. The fourth-order valence-electron chi connectivity index (χ4n) is 2.72. The number of aliphatic carboxylic acids is 1. The molecular weight excluding hydrogens is 322 g/mol. The molecule has 134 valence electrons. The van der Waals surface area contributed by atoms with Gasteiger partial charge in [-0.15, -0.1) is 0 Å². The van der Waals surface area contributed by atoms with E-state index in [-0.39, 0.29) is 30.3 Å². The van der Waals surface area contributed by atoms with Crippen molar-refractivity contribution in [1.82, 2.24) is 14.9 Å². The van der Waals surface area contributed by atoms with Crippen LogP contribution in [0.2, 0.25) is 0 Å². The highest BCUT2D eigenvalue weighted by Crippen LogP contribution is 2.20. The van der Waals surface area contributed by atoms with Gasteiger partial charge in [-0.1, -0.05) is 32.4 Å². The minimum atomic E-state index is -0.900. The average molecular weight is 345 g/mol. The Morgan fingerprint density at radius 1 is 1.32 bits per heavy atom. The SMILES string of the molecule is CCC(C)C(C(=O)NCCCC(=O)O)n1cnc2ccccc2c1=O. The minimum Gasteiger partial charge on any atom is -0.481 e. The number of para-hydroxylation sites is 1. The molecule has 0 fully saturated rings. The van der Waals surface area contributed by atoms with Crippen molar-refractivity contribution in [2.24, 2.45) is 5.92 Å². The van der Waals surface area contributed by atoms with Gasteiger partial charge in [-0.05, 0) is 24.5 Å². The first kappa shape index (κ1) is 18.6. The first-order chi connectivity index (χ1) is 12.0. The summed E-state index contributed by atoms with van der Waals surface area (Å²) in [5, 5.41) is 11.9. The Hall–Kier alpha value is -2.70. The Morgan fingerprint density at radius 2 is 2.04 bits per heavy atom. The Morgan fingerprint density at radius 3 is 2.72 bits per heavy atom. The van der Waals surface area contributed by atoms with Crippen LogP contribution in [0.4, 0.5) is 0 Å². The quantitative estimate of drug-likeness (QED) is 0.712. The van der Waals surface area contributed by atoms with Crippen LogP contribution in [0.25, 0.3) is 10.9 Å². The molecule has 0 saturated heterocycles. The van der Waals surface area contributed by atoms with Gasteiger partial charge in [-0.2, -0.15) is 0 Å². The van der Waals surface area contributed by atoms with E-state index in [9.17, 15) is 14.4 Å². The van der Waals surface area contributed by atoms with Gasteiger partial charge in [0.05, 0.1) is 17.2 Å². The molecule has 0 aliphatic heterocycles. The summed E-state index contributed by atoms with van der Waals surface area (Å²) < 4.78 is 1.38. The number of benzene rings is 1. The third-order valence-corrected chi connectivity index (χ3v) is 4.31. The van der Waals surface area contributed by atoms with Crippen molar-refractivity contribution in [3.05, 3.63) is 40.9 Å². The minimum absolute atomic E-state index is 0.00818. The van der Waals surface area contributed by atoms with Crippen LogP contribution in [0.5, 0.6) is 0 Å². The standard InChI is InChI=1S/C18H23N3O4/c1-3-12(2)16(17(24)19-10-6-9-15(22)23)21-11-20-14-8-5-4-7-13(14)18(21)25/h4-5,7-8,11-12,16H,3,6,9-10H2,1-2H3,(H,19,24)(H,22,23). The van der Waals surface area contributed by atoms with Gasteiger partial charge in [-0.3, -0.25) is 19.0 Å². The predicted octanol–water partition coefficient (Wildman–Crippen LogP) is 1.96. The van der Waals surface area contributed by atoms with Crippen molar-refractivity contribution in [1.29, 1.82) is 0 Å². The lowest BCUT2D eigenvalue weighted by molar-refractivity contribution is -0.137. The number of aromatic nitrogens is 2. The summed E-state index contributed by atoms with van der Waals surface area (Å²) in [5.41, 5.74) is 0.338. The summed E-state index contributed by atoms with van der Waals surface area (Å²) in [7, 11) is 0. The van der Waals surface area contributed by atoms with Gasteiger partial charge in [0.1, 0.15) is 6.04 Å². The molecule has 7 nitrogen and oxygen atoms in total. The van der Waals surface area contributed by atoms with Crippen molar-refractivity contribution >= 4 is 22.8 Å². The number of carboxylic acids is 1. The molecule has 2 rings (SSSR count). The second-order valence-corrected chi connectivity index (χ2v) is 6.09. The van der Waals surface area contributed by atoms with Crippen LogP contribution in [0.3, 0.4) is 0 Å². The number of nitrogens with zero attached hydrogens (tertiary/aromatic N) is 2. The number of amides is 1. The Balaban J connectivity index is 2.28. The van der Waals surface area contributed by atoms with Gasteiger partial charge in [0.2, 0.25) is 5.91 Å². The summed E-state index contributed by atoms with van der Waals surface area (Å²) in [6, 6.07) is 6.34. The molecule has 2 N–H and O–H groups in total. The van der Waals surface area contributed by atoms with E-state index in [1.165, 1.54) is 10.9 Å². The highest BCUT2D eigenvalue weighted by Gasteiger charge is 2.27. The third kappa shape index (κ3) is 4.43. The average Bonchev–Trinajstić information content (AvgIpc) is 2.60. The van der Waals surface area contributed by atoms with Crippen LogP contribution < -0.4 is 10.9 Å². The first-order valence-electron chi connectivity index (χ1n) is 8.41. The molecule has 1 heterocycles. The number of nitrogens with one attached hydrogen (secondary N) is 1. The number of carbonyl (C=O) groups excluding carboxylic acids is 1. The van der Waals surface area contributed by atoms with Gasteiger partial charge >= 0.3 is 5.97 Å². The molecule has 0 spiro atoms. The number of rotatable bonds is 8. The summed E-state index contributed by atoms with van der Waals surface area (Å²) in [4.78, 5) is 40.3. The van der Waals surface area contributed by atoms with Gasteiger partial charge in [-0.25, -0.2) is 4.98 Å². The van der Waals surface area contributed by atoms with Crippen molar-refractivity contribution in [3.63, 3.8) is 0 Å². The predicted molar refractivity (Wildman–Crippen MR) is 94.4 cm³/mol. The molecule has 2 aromatic rings. The summed E-state index contributed by atoms with van der Waals surface area (Å²) >= 11 is 0. The zero-order chi connectivity index (χ0) is 18.4. The van der Waals surface area contributed by atoms with E-state index < -0.39 is 12.0 Å². The van der Waals surface area contributed by atoms with E-state index >= 15 is 0 Å². The molecule has 7 heteroatoms. The molecule has 0 saturated carbocycles. The number of carboxylic acid groups (broad SMARTS) is 1. The second-order valence-electron chi connectivity index (χ2n) is 6.09. The second kappa shape index (κ2) is 8.41. The number of hydrogen-bond donors (Lipinski definition) is 2. The molecule has 0 bridgehead atoms. The molecule has 1 aromatic heterocycles. The molecule has 2 unspecified atom stereocenters. The van der Waals surface area contributed by atoms with Crippen LogP contribution in [-0.4, -0.2) is 33.1 Å². The lowest BCUT2D eigenvalue weighted by Gasteiger charge is -2.24. The van der Waals surface area contributed by atoms with E-state index in [1.807, 2.05) is 13.8 Å². The third-order valence-electron chi connectivity index (χ3n) is 4.31. The van der Waals surface area contributed by atoms with E-state index in [1.54, 1.807) is 24.3 Å². The fraction of sp³-hybridized carbons (Fsp3) is 0.444. The Kier molecular flexibility index (Phi) is 6.27. The highest BCUT2D eigenvalue weighted by atomic mass is 16.4. The van der Waals surface area contributed by atoms with Crippen LogP contribution >= 0.6 is 0 Å². The van der Waals surface area contributed by atoms with Crippen LogP contribution in [-0.2, 0) is 9.59 Å². The first-order valence-corrected chi connectivity index (χ1v) is 8.41. The zero-order valence-electron chi connectivity index (χ0n) is 14.4. The lowest BCUT2D eigenvalue weighted by Crippen LogP contribution is -2.41. The maximum absolute atomic E-state index is 12.8. The number of fused-ring (bicyclic) bond motifs is 1. The maximum atomic E-state index is 12.8. The van der Waals surface area contributed by atoms with Gasteiger partial charge in [0, 0.05) is 13.0 Å². The van der Waals surface area contributed by atoms with Crippen LogP contribution in [0.1, 0.15) is 39.2 Å². The Labute approximate surface area is 145 Å². The number of carbonyl (C=O) groups is 2. The number of hydrogen-bond acceptors (Lipinski definition) is 4. The molecule has 0 aliphatic carbocycles. The molecule has 0 radical (unpaired) electrons. The lowest BCUT2D eigenvalue weighted by atomic mass is 9.98. The molecule has 1 amide bonds. The molecule has 2 atom stereocenters. The van der Waals surface area contributed by atoms with Gasteiger partial charge in [0.25, 0.3) is 5.56 Å². The maximum Gasteiger partial charge on any atom is 0.303 e. The van der Waals surface area contributed by atoms with Crippen molar-refractivity contribution in [3.8, 4) is 0 Å². The largest absolute Gasteiger partial charge is 0.481 e. The van der Waals surface area contributed by atoms with Crippen molar-refractivity contribution < 1.29 is 14.7 Å². The molecule has 25 heavy (non-hydrogen) atoms. The molecule has 0 aliphatic rings. The smallest absolute Gasteiger partial charge is 0.303 e. The highest BCUT2D eigenvalue weighted by molar-refractivity contribution is 5.82. The van der Waals surface area contributed by atoms with Gasteiger partial charge < -0.3 is 10.4 Å². The summed E-state index contributed by atoms with van der Waals surface area (Å²) in [6.45, 7) is 4.12. The van der Waals surface area contributed by atoms with Crippen LogP contribution in [0, 0.1) is 5.92 Å². The van der Waals surface area contributed by atoms with Crippen LogP contribution in [0.15, 0.2) is 35.4 Å². The van der Waals surface area contributed by atoms with E-state index in [0.29, 0.717) is 23.7 Å². The van der Waals surface area contributed by atoms with Crippen molar-refractivity contribution in [2.75, 3.05) is 6.54 Å². The molecule has 1 aromatic carbocycles. The summed E-state index contributed by atoms with van der Waals surface area (Å²) in [6.07, 6.45) is 2.47. The fourth-order valence-corrected chi connectivity index (χ4v) is 2.72. The normalized spacial score (nSPS) is 13.4. The topological polar surface area (TPSA) is 101 Å². The van der Waals surface area contributed by atoms with Crippen molar-refractivity contribution in [2.45, 2.75) is 39.2 Å². The van der Waals surface area contributed by atoms with E-state index in [2.05, 4.69) is 10.3 Å². The Bertz CT molecular complexity index is 815.